The van der Waals surface area contributed by atoms with E-state index >= 15 is 0 Å². The van der Waals surface area contributed by atoms with Crippen molar-refractivity contribution in [3.63, 3.8) is 0 Å². The summed E-state index contributed by atoms with van der Waals surface area (Å²) >= 11 is 0. The van der Waals surface area contributed by atoms with Crippen molar-refractivity contribution in [2.75, 3.05) is 19.0 Å². The molecule has 1 rings (SSSR count). The summed E-state index contributed by atoms with van der Waals surface area (Å²) in [6.07, 6.45) is 0. The monoisotopic (exact) mass is 197 g/mol. The molecule has 0 atom stereocenters. The smallest absolute Gasteiger partial charge is 0.322 e. The highest BCUT2D eigenvalue weighted by Crippen LogP contribution is 2.10. The van der Waals surface area contributed by atoms with Crippen molar-refractivity contribution < 1.29 is 14.6 Å². The predicted molar refractivity (Wildman–Crippen MR) is 49.4 cm³/mol. The Hall–Kier alpha value is -1.85. The molecule has 0 aromatic carbocycles. The Labute approximate surface area is 80.9 Å². The van der Waals surface area contributed by atoms with Gasteiger partial charge in [0.15, 0.2) is 0 Å². The van der Waals surface area contributed by atoms with Crippen LogP contribution in [0.2, 0.25) is 0 Å². The molecule has 0 aliphatic heterocycles. The molecule has 76 valence electrons. The molecular formula is C8H11N3O3. The molecular weight excluding hydrogens is 186 g/mol. The fourth-order valence-corrected chi connectivity index (χ4v) is 0.878. The molecule has 0 saturated carbocycles. The average molecular weight is 197 g/mol. The zero-order chi connectivity index (χ0) is 10.6. The van der Waals surface area contributed by atoms with Gasteiger partial charge in [0.2, 0.25) is 11.8 Å². The second-order valence-electron chi connectivity index (χ2n) is 2.62. The summed E-state index contributed by atoms with van der Waals surface area (Å²) < 4.78 is 4.90. The van der Waals surface area contributed by atoms with Gasteiger partial charge in [0.1, 0.15) is 6.54 Å². The van der Waals surface area contributed by atoms with Crippen molar-refractivity contribution in [3.05, 3.63) is 11.8 Å². The molecule has 1 aromatic rings. The van der Waals surface area contributed by atoms with Gasteiger partial charge in [0.25, 0.3) is 0 Å². The van der Waals surface area contributed by atoms with Gasteiger partial charge >= 0.3 is 5.97 Å². The number of aromatic nitrogens is 2. The van der Waals surface area contributed by atoms with E-state index in [1.165, 1.54) is 7.11 Å². The van der Waals surface area contributed by atoms with Crippen LogP contribution in [0, 0.1) is 6.92 Å². The van der Waals surface area contributed by atoms with E-state index in [2.05, 4.69) is 15.3 Å². The van der Waals surface area contributed by atoms with E-state index in [1.807, 2.05) is 0 Å². The number of hydrogen-bond donors (Lipinski definition) is 2. The fraction of sp³-hybridized carbons (Fsp3) is 0.375. The Morgan fingerprint density at radius 2 is 2.36 bits per heavy atom. The second kappa shape index (κ2) is 4.40. The molecule has 6 nitrogen and oxygen atoms in total. The number of carbonyl (C=O) groups is 1. The third-order valence-electron chi connectivity index (χ3n) is 1.44. The lowest BCUT2D eigenvalue weighted by Crippen LogP contribution is -2.14. The van der Waals surface area contributed by atoms with E-state index in [0.717, 1.165) is 0 Å². The number of nitrogens with zero attached hydrogens (tertiary/aromatic N) is 2. The van der Waals surface area contributed by atoms with Gasteiger partial charge in [-0.05, 0) is 6.92 Å². The number of rotatable bonds is 4. The van der Waals surface area contributed by atoms with Gasteiger partial charge in [-0.3, -0.25) is 4.79 Å². The zero-order valence-electron chi connectivity index (χ0n) is 7.94. The number of anilines is 1. The van der Waals surface area contributed by atoms with Crippen LogP contribution < -0.4 is 10.1 Å². The van der Waals surface area contributed by atoms with Gasteiger partial charge in [0.05, 0.1) is 7.11 Å². The molecule has 0 aliphatic rings. The quantitative estimate of drug-likeness (QED) is 0.721. The first kappa shape index (κ1) is 10.2. The first-order valence-corrected chi connectivity index (χ1v) is 3.97. The molecule has 0 fully saturated rings. The standard InChI is InChI=1S/C8H11N3O3/c1-5-3-6(14-2)11-8(10-5)9-4-7(12)13/h3H,4H2,1-2H3,(H,12,13)(H,9,10,11). The molecule has 0 unspecified atom stereocenters. The summed E-state index contributed by atoms with van der Waals surface area (Å²) in [7, 11) is 1.49. The van der Waals surface area contributed by atoms with Gasteiger partial charge in [-0.15, -0.1) is 0 Å². The average Bonchev–Trinajstić information content (AvgIpc) is 2.14. The minimum Gasteiger partial charge on any atom is -0.481 e. The molecule has 14 heavy (non-hydrogen) atoms. The van der Waals surface area contributed by atoms with E-state index < -0.39 is 5.97 Å². The highest BCUT2D eigenvalue weighted by molar-refractivity contribution is 5.71. The van der Waals surface area contributed by atoms with E-state index in [1.54, 1.807) is 13.0 Å². The zero-order valence-corrected chi connectivity index (χ0v) is 7.94. The van der Waals surface area contributed by atoms with Crippen molar-refractivity contribution in [2.24, 2.45) is 0 Å². The van der Waals surface area contributed by atoms with Crippen LogP contribution in [0.1, 0.15) is 5.69 Å². The number of hydrogen-bond acceptors (Lipinski definition) is 5. The normalized spacial score (nSPS) is 9.57. The summed E-state index contributed by atoms with van der Waals surface area (Å²) in [6, 6.07) is 1.66. The van der Waals surface area contributed by atoms with Crippen LogP contribution in [0.25, 0.3) is 0 Å². The van der Waals surface area contributed by atoms with Crippen LogP contribution in [0.3, 0.4) is 0 Å². The third-order valence-corrected chi connectivity index (χ3v) is 1.44. The molecule has 1 aromatic heterocycles. The lowest BCUT2D eigenvalue weighted by molar-refractivity contribution is -0.134. The summed E-state index contributed by atoms with van der Waals surface area (Å²) in [5, 5.41) is 11.0. The van der Waals surface area contributed by atoms with Crippen molar-refractivity contribution >= 4 is 11.9 Å². The summed E-state index contributed by atoms with van der Waals surface area (Å²) in [5.74, 6) is -0.302. The lowest BCUT2D eigenvalue weighted by atomic mass is 10.4. The molecule has 1 heterocycles. The number of aliphatic carboxylic acids is 1. The van der Waals surface area contributed by atoms with Gasteiger partial charge in [-0.25, -0.2) is 4.98 Å². The van der Waals surface area contributed by atoms with Crippen LogP contribution in [0.5, 0.6) is 5.88 Å². The highest BCUT2D eigenvalue weighted by atomic mass is 16.5. The predicted octanol–water partition coefficient (Wildman–Crippen LogP) is 0.290. The number of aryl methyl sites for hydroxylation is 1. The minimum absolute atomic E-state index is 0.216. The summed E-state index contributed by atoms with van der Waals surface area (Å²) in [4.78, 5) is 18.2. The topological polar surface area (TPSA) is 84.3 Å². The van der Waals surface area contributed by atoms with Crippen LogP contribution in [0.15, 0.2) is 6.07 Å². The van der Waals surface area contributed by atoms with E-state index in [-0.39, 0.29) is 12.5 Å². The van der Waals surface area contributed by atoms with Crippen LogP contribution in [-0.2, 0) is 4.79 Å². The summed E-state index contributed by atoms with van der Waals surface area (Å²) in [5.41, 5.74) is 0.713. The maximum Gasteiger partial charge on any atom is 0.322 e. The van der Waals surface area contributed by atoms with Gasteiger partial charge in [-0.2, -0.15) is 4.98 Å². The molecule has 0 saturated heterocycles. The maximum absolute atomic E-state index is 10.3. The second-order valence-corrected chi connectivity index (χ2v) is 2.62. The summed E-state index contributed by atoms with van der Waals surface area (Å²) in [6.45, 7) is 1.56. The molecule has 0 radical (unpaired) electrons. The van der Waals surface area contributed by atoms with Crippen LogP contribution >= 0.6 is 0 Å². The van der Waals surface area contributed by atoms with Crippen LogP contribution in [0.4, 0.5) is 5.95 Å². The van der Waals surface area contributed by atoms with Crippen molar-refractivity contribution in [3.8, 4) is 5.88 Å². The molecule has 0 spiro atoms. The van der Waals surface area contributed by atoms with E-state index in [4.69, 9.17) is 9.84 Å². The fourth-order valence-electron chi connectivity index (χ4n) is 0.878. The van der Waals surface area contributed by atoms with E-state index in [0.29, 0.717) is 11.6 Å². The Morgan fingerprint density at radius 3 is 2.93 bits per heavy atom. The first-order chi connectivity index (χ1) is 6.61. The number of nitrogens with one attached hydrogen (secondary N) is 1. The van der Waals surface area contributed by atoms with Gasteiger partial charge in [-0.1, -0.05) is 0 Å². The van der Waals surface area contributed by atoms with Crippen LogP contribution in [-0.4, -0.2) is 34.7 Å². The number of carboxylic acid groups (broad SMARTS) is 1. The molecule has 0 amide bonds. The van der Waals surface area contributed by atoms with Gasteiger partial charge < -0.3 is 15.2 Å². The van der Waals surface area contributed by atoms with Crippen molar-refractivity contribution in [2.45, 2.75) is 6.92 Å². The SMILES string of the molecule is COc1cc(C)nc(NCC(=O)O)n1. The minimum atomic E-state index is -0.964. The Bertz CT molecular complexity index is 341. The maximum atomic E-state index is 10.3. The molecule has 6 heteroatoms. The highest BCUT2D eigenvalue weighted by Gasteiger charge is 2.03. The van der Waals surface area contributed by atoms with Gasteiger partial charge in [0, 0.05) is 11.8 Å². The van der Waals surface area contributed by atoms with Crippen molar-refractivity contribution in [1.29, 1.82) is 0 Å². The molecule has 0 bridgehead atoms. The molecule has 0 aliphatic carbocycles. The van der Waals surface area contributed by atoms with Crippen molar-refractivity contribution in [1.82, 2.24) is 9.97 Å². The first-order valence-electron chi connectivity index (χ1n) is 3.97. The number of carboxylic acids is 1. The Kier molecular flexibility index (Phi) is 3.22. The number of ether oxygens (including phenoxy) is 1. The number of methoxy groups -OCH3 is 1. The lowest BCUT2D eigenvalue weighted by Gasteiger charge is -2.04. The Morgan fingerprint density at radius 1 is 1.64 bits per heavy atom. The largest absolute Gasteiger partial charge is 0.481 e. The third kappa shape index (κ3) is 2.89. The molecule has 2 N–H and O–H groups in total. The Balaban J connectivity index is 2.76. The van der Waals surface area contributed by atoms with E-state index in [9.17, 15) is 4.79 Å².